The Hall–Kier alpha value is -3.84. The topological polar surface area (TPSA) is 140 Å². The summed E-state index contributed by atoms with van der Waals surface area (Å²) in [6.07, 6.45) is 8.28. The molecule has 6 rings (SSSR count). The highest BCUT2D eigenvalue weighted by atomic mass is 32.2. The molecule has 11 nitrogen and oxygen atoms in total. The van der Waals surface area contributed by atoms with E-state index in [0.717, 1.165) is 37.4 Å². The molecule has 1 aromatic heterocycles. The second kappa shape index (κ2) is 11.0. The van der Waals surface area contributed by atoms with Gasteiger partial charge in [0, 0.05) is 42.2 Å². The Kier molecular flexibility index (Phi) is 7.24. The first-order chi connectivity index (χ1) is 19.3. The number of halogens is 1. The zero-order valence-corrected chi connectivity index (χ0v) is 22.6. The number of pyridine rings is 1. The molecule has 2 saturated carbocycles. The molecule has 0 spiro atoms. The Morgan fingerprint density at radius 1 is 0.950 bits per heavy atom. The van der Waals surface area contributed by atoms with Gasteiger partial charge in [-0.1, -0.05) is 18.2 Å². The van der Waals surface area contributed by atoms with E-state index in [1.54, 1.807) is 35.3 Å². The molecular weight excluding hydrogens is 535 g/mol. The summed E-state index contributed by atoms with van der Waals surface area (Å²) in [5.74, 6) is 0.207. The number of carbonyl (C=O) groups is 1. The second-order valence-corrected chi connectivity index (χ2v) is 12.2. The number of benzene rings is 1. The molecule has 1 aromatic carbocycles. The fourth-order valence-corrected chi connectivity index (χ4v) is 6.44. The molecule has 210 valence electrons. The van der Waals surface area contributed by atoms with Gasteiger partial charge in [-0.05, 0) is 56.7 Å². The van der Waals surface area contributed by atoms with Crippen LogP contribution in [0.2, 0.25) is 0 Å². The van der Waals surface area contributed by atoms with Crippen LogP contribution in [0.3, 0.4) is 0 Å². The van der Waals surface area contributed by atoms with Crippen molar-refractivity contribution in [2.45, 2.75) is 67.6 Å². The van der Waals surface area contributed by atoms with E-state index >= 15 is 0 Å². The van der Waals surface area contributed by atoms with Crippen molar-refractivity contribution in [3.05, 3.63) is 66.4 Å². The third kappa shape index (κ3) is 5.99. The summed E-state index contributed by atoms with van der Waals surface area (Å²) in [5, 5.41) is 16.1. The lowest BCUT2D eigenvalue weighted by molar-refractivity contribution is -0.119. The molecule has 2 aromatic rings. The van der Waals surface area contributed by atoms with Gasteiger partial charge in [-0.3, -0.25) is 9.79 Å². The summed E-state index contributed by atoms with van der Waals surface area (Å²) in [5.41, 5.74) is 1.13. The van der Waals surface area contributed by atoms with Gasteiger partial charge < -0.3 is 16.0 Å². The van der Waals surface area contributed by atoms with E-state index in [0.29, 0.717) is 36.2 Å². The number of hydrogen-bond donors (Lipinski definition) is 4. The number of carbonyl (C=O) groups excluding carboxylic acids is 1. The number of aliphatic imine (C=N–C) groups is 1. The third-order valence-electron chi connectivity index (χ3n) is 7.35. The third-order valence-corrected chi connectivity index (χ3v) is 8.89. The van der Waals surface area contributed by atoms with Gasteiger partial charge in [0.05, 0.1) is 17.1 Å². The van der Waals surface area contributed by atoms with Crippen LogP contribution in [-0.2, 0) is 14.8 Å². The van der Waals surface area contributed by atoms with E-state index < -0.39 is 22.0 Å². The minimum absolute atomic E-state index is 0.0998. The zero-order chi connectivity index (χ0) is 27.7. The molecule has 1 amide bonds. The highest BCUT2D eigenvalue weighted by Crippen LogP contribution is 2.27. The van der Waals surface area contributed by atoms with Crippen molar-refractivity contribution in [2.75, 3.05) is 11.9 Å². The average molecular weight is 567 g/mol. The first-order valence-corrected chi connectivity index (χ1v) is 15.0. The van der Waals surface area contributed by atoms with E-state index in [-0.39, 0.29) is 29.4 Å². The van der Waals surface area contributed by atoms with Gasteiger partial charge in [-0.15, -0.1) is 0 Å². The standard InChI is InChI=1S/C27H31FN8O3S/c28-24-14-20(12-13-29-24)33-27(37)23-16-30-26-22(31-17-6-7-17)15-25(34-36(23)26)32-18-8-10-19(11-9-18)35-40(38,39)21-4-2-1-3-5-21/h1-5,12-15,17-19,23,31,35H,6-11,16H2,(H,32,34)(H,29,33,37)/t18-,19-,23?. The molecule has 2 fully saturated rings. The first-order valence-electron chi connectivity index (χ1n) is 13.5. The van der Waals surface area contributed by atoms with Crippen LogP contribution in [0.1, 0.15) is 38.5 Å². The van der Waals surface area contributed by atoms with Crippen LogP contribution in [0.15, 0.2) is 75.4 Å². The number of nitrogens with one attached hydrogen (secondary N) is 4. The number of nitrogens with zero attached hydrogens (tertiary/aromatic N) is 4. The molecule has 4 aliphatic rings. The van der Waals surface area contributed by atoms with Crippen LogP contribution in [0.4, 0.5) is 10.1 Å². The van der Waals surface area contributed by atoms with Crippen molar-refractivity contribution in [3.63, 3.8) is 0 Å². The smallest absolute Gasteiger partial charge is 0.251 e. The molecule has 0 radical (unpaired) electrons. The number of rotatable bonds is 8. The van der Waals surface area contributed by atoms with Gasteiger partial charge in [-0.2, -0.15) is 9.49 Å². The molecule has 2 aliphatic heterocycles. The Bertz CT molecular complexity index is 1470. The number of anilines is 1. The SMILES string of the molecule is O=C(Nc1ccnc(F)c1)C1CN=C2C(NC3CC3)=CC(N[C@H]3CC[C@H](NS(=O)(=O)c4ccccc4)CC3)=NN21. The average Bonchev–Trinajstić information content (AvgIpc) is 3.65. The van der Waals surface area contributed by atoms with E-state index in [9.17, 15) is 17.6 Å². The predicted molar refractivity (Wildman–Crippen MR) is 148 cm³/mol. The largest absolute Gasteiger partial charge is 0.379 e. The van der Waals surface area contributed by atoms with Crippen molar-refractivity contribution < 1.29 is 17.6 Å². The van der Waals surface area contributed by atoms with Crippen LogP contribution in [0, 0.1) is 5.95 Å². The number of fused-ring (bicyclic) bond motifs is 1. The van der Waals surface area contributed by atoms with Crippen LogP contribution in [0.25, 0.3) is 0 Å². The summed E-state index contributed by atoms with van der Waals surface area (Å²) in [6, 6.07) is 10.7. The maximum Gasteiger partial charge on any atom is 0.251 e. The van der Waals surface area contributed by atoms with Crippen LogP contribution in [-0.4, -0.2) is 66.7 Å². The number of hydrazone groups is 1. The van der Waals surface area contributed by atoms with Crippen molar-refractivity contribution in [1.29, 1.82) is 0 Å². The molecule has 2 aliphatic carbocycles. The minimum atomic E-state index is -3.56. The molecule has 1 atom stereocenters. The Morgan fingerprint density at radius 3 is 2.38 bits per heavy atom. The van der Waals surface area contributed by atoms with E-state index in [2.05, 4.69) is 30.6 Å². The number of sulfonamides is 1. The normalized spacial score (nSPS) is 24.4. The van der Waals surface area contributed by atoms with Gasteiger partial charge in [-0.25, -0.2) is 23.1 Å². The minimum Gasteiger partial charge on any atom is -0.379 e. The Balaban J connectivity index is 1.11. The highest BCUT2D eigenvalue weighted by Gasteiger charge is 2.39. The lowest BCUT2D eigenvalue weighted by atomic mass is 9.92. The monoisotopic (exact) mass is 566 g/mol. The van der Waals surface area contributed by atoms with Crippen molar-refractivity contribution in [3.8, 4) is 0 Å². The summed E-state index contributed by atoms with van der Waals surface area (Å²) in [4.78, 5) is 21.5. The van der Waals surface area contributed by atoms with Gasteiger partial charge in [0.1, 0.15) is 5.84 Å². The number of aromatic nitrogens is 1. The highest BCUT2D eigenvalue weighted by molar-refractivity contribution is 7.89. The molecule has 0 bridgehead atoms. The molecule has 3 heterocycles. The van der Waals surface area contributed by atoms with Gasteiger partial charge in [0.15, 0.2) is 11.9 Å². The van der Waals surface area contributed by atoms with E-state index in [1.807, 2.05) is 6.08 Å². The number of hydrogen-bond acceptors (Lipinski definition) is 9. The van der Waals surface area contributed by atoms with E-state index in [4.69, 9.17) is 5.10 Å². The lowest BCUT2D eigenvalue weighted by Crippen LogP contribution is -2.49. The maximum absolute atomic E-state index is 13.5. The second-order valence-electron chi connectivity index (χ2n) is 10.5. The molecule has 0 saturated heterocycles. The van der Waals surface area contributed by atoms with Gasteiger partial charge in [0.25, 0.3) is 5.91 Å². The fourth-order valence-electron chi connectivity index (χ4n) is 5.12. The van der Waals surface area contributed by atoms with Crippen LogP contribution < -0.4 is 20.7 Å². The van der Waals surface area contributed by atoms with Crippen molar-refractivity contribution in [2.24, 2.45) is 10.1 Å². The first kappa shape index (κ1) is 26.4. The number of amidine groups is 2. The predicted octanol–water partition coefficient (Wildman–Crippen LogP) is 2.08. The Labute approximate surface area is 232 Å². The molecule has 40 heavy (non-hydrogen) atoms. The molecular formula is C27H31FN8O3S. The molecule has 4 N–H and O–H groups in total. The fraction of sp³-hybridized carbons (Fsp3) is 0.407. The zero-order valence-electron chi connectivity index (χ0n) is 21.8. The van der Waals surface area contributed by atoms with Crippen molar-refractivity contribution >= 4 is 33.3 Å². The quantitative estimate of drug-likeness (QED) is 0.359. The molecule has 1 unspecified atom stereocenters. The lowest BCUT2D eigenvalue weighted by Gasteiger charge is -2.32. The van der Waals surface area contributed by atoms with Gasteiger partial charge in [0.2, 0.25) is 16.0 Å². The number of amides is 1. The van der Waals surface area contributed by atoms with Gasteiger partial charge >= 0.3 is 0 Å². The summed E-state index contributed by atoms with van der Waals surface area (Å²) >= 11 is 0. The summed E-state index contributed by atoms with van der Waals surface area (Å²) in [6.45, 7) is 0.224. The molecule has 13 heteroatoms. The maximum atomic E-state index is 13.5. The summed E-state index contributed by atoms with van der Waals surface area (Å²) in [7, 11) is -3.56. The summed E-state index contributed by atoms with van der Waals surface area (Å²) < 4.78 is 41.8. The Morgan fingerprint density at radius 2 is 1.65 bits per heavy atom. The van der Waals surface area contributed by atoms with E-state index in [1.165, 1.54) is 12.3 Å². The van der Waals surface area contributed by atoms with Crippen molar-refractivity contribution in [1.82, 2.24) is 25.3 Å². The van der Waals surface area contributed by atoms with Crippen LogP contribution in [0.5, 0.6) is 0 Å². The van der Waals surface area contributed by atoms with Crippen LogP contribution >= 0.6 is 0 Å².